The zero-order valence-electron chi connectivity index (χ0n) is 14.8. The fourth-order valence-corrected chi connectivity index (χ4v) is 4.36. The van der Waals surface area contributed by atoms with E-state index < -0.39 is 5.41 Å². The van der Waals surface area contributed by atoms with E-state index in [0.717, 1.165) is 10.4 Å². The smallest absolute Gasteiger partial charge is 0.230 e. The van der Waals surface area contributed by atoms with Crippen molar-refractivity contribution in [3.63, 3.8) is 0 Å². The van der Waals surface area contributed by atoms with Gasteiger partial charge in [0.15, 0.2) is 0 Å². The molecule has 134 valence electrons. The van der Waals surface area contributed by atoms with E-state index in [1.807, 2.05) is 30.3 Å². The summed E-state index contributed by atoms with van der Waals surface area (Å²) in [5, 5.41) is 3.14. The predicted molar refractivity (Wildman–Crippen MR) is 100.0 cm³/mol. The maximum atomic E-state index is 13.2. The van der Waals surface area contributed by atoms with Gasteiger partial charge in [-0.3, -0.25) is 4.79 Å². The Morgan fingerprint density at radius 3 is 2.56 bits per heavy atom. The minimum atomic E-state index is -0.511. The Labute approximate surface area is 153 Å². The van der Waals surface area contributed by atoms with Crippen molar-refractivity contribution >= 4 is 17.2 Å². The van der Waals surface area contributed by atoms with Crippen LogP contribution >= 0.6 is 11.3 Å². The lowest BCUT2D eigenvalue weighted by atomic mass is 9.73. The monoisotopic (exact) mass is 359 g/mol. The van der Waals surface area contributed by atoms with Crippen LogP contribution in [0.4, 0.5) is 0 Å². The molecule has 3 rings (SSSR count). The first kappa shape index (κ1) is 18.1. The van der Waals surface area contributed by atoms with Crippen molar-refractivity contribution in [1.29, 1.82) is 0 Å². The molecule has 1 N–H and O–H groups in total. The van der Waals surface area contributed by atoms with Crippen LogP contribution in [0, 0.1) is 6.92 Å². The summed E-state index contributed by atoms with van der Waals surface area (Å²) in [5.41, 5.74) is 0.556. The van der Waals surface area contributed by atoms with E-state index in [0.29, 0.717) is 32.6 Å². The van der Waals surface area contributed by atoms with Gasteiger partial charge in [0.05, 0.1) is 5.41 Å². The second-order valence-corrected chi connectivity index (χ2v) is 7.76. The molecule has 1 aromatic heterocycles. The largest absolute Gasteiger partial charge is 0.381 e. The van der Waals surface area contributed by atoms with E-state index >= 15 is 0 Å². The summed E-state index contributed by atoms with van der Waals surface area (Å²) in [6.07, 6.45) is 1.30. The van der Waals surface area contributed by atoms with Gasteiger partial charge in [0.2, 0.25) is 5.91 Å². The van der Waals surface area contributed by atoms with Gasteiger partial charge >= 0.3 is 0 Å². The average Bonchev–Trinajstić information content (AvgIpc) is 3.09. The van der Waals surface area contributed by atoms with Crippen LogP contribution in [0.25, 0.3) is 0 Å². The Morgan fingerprint density at radius 1 is 1.24 bits per heavy atom. The number of benzene rings is 1. The molecule has 0 aliphatic carbocycles. The lowest BCUT2D eigenvalue weighted by Gasteiger charge is -2.36. The molecule has 1 amide bonds. The molecule has 0 bridgehead atoms. The molecule has 1 aromatic carbocycles. The normalized spacial score (nSPS) is 17.8. The first-order valence-electron chi connectivity index (χ1n) is 8.66. The van der Waals surface area contributed by atoms with Crippen LogP contribution in [0.1, 0.15) is 34.3 Å². The number of amides is 1. The summed E-state index contributed by atoms with van der Waals surface area (Å²) < 4.78 is 11.1. The number of thiophene rings is 1. The maximum absolute atomic E-state index is 13.2. The number of hydrogen-bond acceptors (Lipinski definition) is 4. The van der Waals surface area contributed by atoms with Crippen molar-refractivity contribution < 1.29 is 14.3 Å². The molecule has 1 atom stereocenters. The molecule has 0 radical (unpaired) electrons. The van der Waals surface area contributed by atoms with Crippen molar-refractivity contribution in [1.82, 2.24) is 5.32 Å². The second kappa shape index (κ2) is 8.13. The number of methoxy groups -OCH3 is 1. The van der Waals surface area contributed by atoms with Gasteiger partial charge in [-0.15, -0.1) is 11.3 Å². The summed E-state index contributed by atoms with van der Waals surface area (Å²) in [4.78, 5) is 15.5. The molecule has 1 fully saturated rings. The fraction of sp³-hybridized carbons (Fsp3) is 0.450. The lowest BCUT2D eigenvalue weighted by Crippen LogP contribution is -2.49. The number of aryl methyl sites for hydroxylation is 1. The van der Waals surface area contributed by atoms with Crippen LogP contribution in [0.2, 0.25) is 0 Å². The molecule has 2 aromatic rings. The Bertz CT molecular complexity index is 692. The summed E-state index contributed by atoms with van der Waals surface area (Å²) >= 11 is 1.71. The number of carbonyl (C=O) groups is 1. The third-order valence-electron chi connectivity index (χ3n) is 4.92. The maximum Gasteiger partial charge on any atom is 0.230 e. The number of nitrogens with one attached hydrogen (secondary N) is 1. The third kappa shape index (κ3) is 3.94. The van der Waals surface area contributed by atoms with Gasteiger partial charge in [0.1, 0.15) is 6.10 Å². The molecule has 1 aliphatic heterocycles. The molecule has 5 heteroatoms. The van der Waals surface area contributed by atoms with Crippen LogP contribution in [0.5, 0.6) is 0 Å². The van der Waals surface area contributed by atoms with Crippen LogP contribution in [-0.4, -0.2) is 32.8 Å². The molecule has 1 aliphatic rings. The van der Waals surface area contributed by atoms with Gasteiger partial charge in [-0.25, -0.2) is 0 Å². The van der Waals surface area contributed by atoms with E-state index in [9.17, 15) is 4.79 Å². The van der Waals surface area contributed by atoms with Gasteiger partial charge in [-0.2, -0.15) is 0 Å². The summed E-state index contributed by atoms with van der Waals surface area (Å²) in [7, 11) is 1.69. The van der Waals surface area contributed by atoms with Crippen LogP contribution in [0.3, 0.4) is 0 Å². The van der Waals surface area contributed by atoms with Gasteiger partial charge in [-0.05, 0) is 37.5 Å². The zero-order valence-corrected chi connectivity index (χ0v) is 15.6. The topological polar surface area (TPSA) is 47.6 Å². The molecule has 4 nitrogen and oxygen atoms in total. The van der Waals surface area contributed by atoms with Crippen molar-refractivity contribution in [2.45, 2.75) is 31.3 Å². The lowest BCUT2D eigenvalue weighted by molar-refractivity contribution is -0.131. The Kier molecular flexibility index (Phi) is 5.89. The van der Waals surface area contributed by atoms with Crippen molar-refractivity contribution in [2.24, 2.45) is 0 Å². The minimum absolute atomic E-state index is 0.0670. The highest BCUT2D eigenvalue weighted by atomic mass is 32.1. The number of ether oxygens (including phenoxy) is 2. The summed E-state index contributed by atoms with van der Waals surface area (Å²) in [6.45, 7) is 3.77. The molecule has 25 heavy (non-hydrogen) atoms. The first-order valence-corrected chi connectivity index (χ1v) is 9.48. The molecule has 1 unspecified atom stereocenters. The van der Waals surface area contributed by atoms with Crippen LogP contribution in [-0.2, 0) is 19.7 Å². The summed E-state index contributed by atoms with van der Waals surface area (Å²) in [5.74, 6) is 0.0670. The van der Waals surface area contributed by atoms with Crippen molar-refractivity contribution in [3.8, 4) is 0 Å². The Balaban J connectivity index is 1.74. The van der Waals surface area contributed by atoms with Crippen LogP contribution in [0.15, 0.2) is 42.5 Å². The minimum Gasteiger partial charge on any atom is -0.381 e. The molecule has 2 heterocycles. The standard InChI is InChI=1S/C20H25NO3S/c1-15-8-9-18(25-15)17(23-2)14-21-19(22)20(10-12-24-13-11-20)16-6-4-3-5-7-16/h3-9,17H,10-14H2,1-2H3,(H,21,22). The third-order valence-corrected chi connectivity index (χ3v) is 6.01. The first-order chi connectivity index (χ1) is 12.2. The molecule has 0 saturated carbocycles. The molecular formula is C20H25NO3S. The second-order valence-electron chi connectivity index (χ2n) is 6.44. The highest BCUT2D eigenvalue weighted by Crippen LogP contribution is 2.35. The molecule has 1 saturated heterocycles. The van der Waals surface area contributed by atoms with E-state index in [-0.39, 0.29) is 12.0 Å². The van der Waals surface area contributed by atoms with Gasteiger partial charge < -0.3 is 14.8 Å². The molecular weight excluding hydrogens is 334 g/mol. The molecule has 0 spiro atoms. The van der Waals surface area contributed by atoms with E-state index in [2.05, 4.69) is 24.4 Å². The predicted octanol–water partition coefficient (Wildman–Crippen LogP) is 3.61. The van der Waals surface area contributed by atoms with Crippen molar-refractivity contribution in [2.75, 3.05) is 26.9 Å². The highest BCUT2D eigenvalue weighted by Gasteiger charge is 2.41. The number of rotatable bonds is 6. The van der Waals surface area contributed by atoms with E-state index in [1.165, 1.54) is 4.88 Å². The zero-order chi connectivity index (χ0) is 17.7. The Hall–Kier alpha value is -1.69. The highest BCUT2D eigenvalue weighted by molar-refractivity contribution is 7.12. The van der Waals surface area contributed by atoms with E-state index in [4.69, 9.17) is 9.47 Å². The fourth-order valence-electron chi connectivity index (χ4n) is 3.41. The van der Waals surface area contributed by atoms with Gasteiger partial charge in [-0.1, -0.05) is 30.3 Å². The van der Waals surface area contributed by atoms with Crippen molar-refractivity contribution in [3.05, 3.63) is 57.8 Å². The van der Waals surface area contributed by atoms with Gasteiger partial charge in [0.25, 0.3) is 0 Å². The van der Waals surface area contributed by atoms with Gasteiger partial charge in [0, 0.05) is 36.6 Å². The van der Waals surface area contributed by atoms with E-state index in [1.54, 1.807) is 18.4 Å². The SMILES string of the molecule is COC(CNC(=O)C1(c2ccccc2)CCOCC1)c1ccc(C)s1. The van der Waals surface area contributed by atoms with Crippen LogP contribution < -0.4 is 5.32 Å². The Morgan fingerprint density at radius 2 is 1.96 bits per heavy atom. The average molecular weight is 359 g/mol. The quantitative estimate of drug-likeness (QED) is 0.857. The summed E-state index contributed by atoms with van der Waals surface area (Å²) in [6, 6.07) is 14.2. The number of hydrogen-bond donors (Lipinski definition) is 1. The number of carbonyl (C=O) groups excluding carboxylic acids is 1.